The Bertz CT molecular complexity index is 1130. The van der Waals surface area contributed by atoms with Crippen molar-refractivity contribution in [2.75, 3.05) is 11.1 Å². The lowest BCUT2D eigenvalue weighted by Gasteiger charge is -2.03. The third-order valence-corrected chi connectivity index (χ3v) is 5.37. The lowest BCUT2D eigenvalue weighted by atomic mass is 10.1. The van der Waals surface area contributed by atoms with E-state index in [1.165, 1.54) is 18.7 Å². The monoisotopic (exact) mass is 428 g/mol. The molecule has 6 heteroatoms. The second-order valence-corrected chi connectivity index (χ2v) is 7.79. The number of hydrogen-bond donors (Lipinski definition) is 1. The van der Waals surface area contributed by atoms with Crippen molar-refractivity contribution < 1.29 is 14.0 Å². The average Bonchev–Trinajstić information content (AvgIpc) is 3.23. The molecule has 0 saturated carbocycles. The zero-order valence-corrected chi connectivity index (χ0v) is 17.7. The number of amides is 1. The van der Waals surface area contributed by atoms with Gasteiger partial charge in [0.1, 0.15) is 5.69 Å². The lowest BCUT2D eigenvalue weighted by Crippen LogP contribution is -2.07. The molecule has 1 amide bonds. The van der Waals surface area contributed by atoms with Gasteiger partial charge in [-0.25, -0.2) is 4.98 Å². The van der Waals surface area contributed by atoms with E-state index in [1.54, 1.807) is 24.3 Å². The number of benzene rings is 3. The molecule has 0 aliphatic rings. The maximum atomic E-state index is 12.6. The van der Waals surface area contributed by atoms with Crippen molar-refractivity contribution in [2.24, 2.45) is 0 Å². The molecule has 0 unspecified atom stereocenters. The van der Waals surface area contributed by atoms with E-state index in [0.717, 1.165) is 16.8 Å². The molecule has 0 spiro atoms. The molecule has 0 fully saturated rings. The van der Waals surface area contributed by atoms with E-state index >= 15 is 0 Å². The predicted octanol–water partition coefficient (Wildman–Crippen LogP) is 5.94. The fourth-order valence-electron chi connectivity index (χ4n) is 3.09. The van der Waals surface area contributed by atoms with Gasteiger partial charge in [0.2, 0.25) is 5.91 Å². The van der Waals surface area contributed by atoms with Gasteiger partial charge >= 0.3 is 0 Å². The molecule has 1 aromatic heterocycles. The summed E-state index contributed by atoms with van der Waals surface area (Å²) in [6, 6.07) is 26.5. The molecule has 5 nitrogen and oxygen atoms in total. The number of oxazole rings is 1. The van der Waals surface area contributed by atoms with E-state index in [0.29, 0.717) is 22.2 Å². The van der Waals surface area contributed by atoms with E-state index in [4.69, 9.17) is 4.42 Å². The van der Waals surface area contributed by atoms with Crippen LogP contribution in [0.1, 0.15) is 17.3 Å². The number of rotatable bonds is 7. The number of thioether (sulfide) groups is 1. The van der Waals surface area contributed by atoms with Crippen LogP contribution in [0.3, 0.4) is 0 Å². The van der Waals surface area contributed by atoms with Gasteiger partial charge in [-0.3, -0.25) is 9.59 Å². The molecule has 31 heavy (non-hydrogen) atoms. The molecule has 0 saturated heterocycles. The maximum absolute atomic E-state index is 12.6. The first-order valence-electron chi connectivity index (χ1n) is 9.75. The summed E-state index contributed by atoms with van der Waals surface area (Å²) in [6.45, 7) is 1.44. The Hall–Kier alpha value is -3.64. The highest BCUT2D eigenvalue weighted by atomic mass is 32.2. The fourth-order valence-corrected chi connectivity index (χ4v) is 3.81. The van der Waals surface area contributed by atoms with Gasteiger partial charge in [-0.05, 0) is 24.3 Å². The van der Waals surface area contributed by atoms with Gasteiger partial charge in [-0.2, -0.15) is 0 Å². The number of aromatic nitrogens is 1. The topological polar surface area (TPSA) is 72.2 Å². The summed E-state index contributed by atoms with van der Waals surface area (Å²) in [5, 5.41) is 3.13. The van der Waals surface area contributed by atoms with Crippen LogP contribution in [0.5, 0.6) is 0 Å². The summed E-state index contributed by atoms with van der Waals surface area (Å²) >= 11 is 1.27. The van der Waals surface area contributed by atoms with Crippen molar-refractivity contribution in [1.29, 1.82) is 0 Å². The van der Waals surface area contributed by atoms with Crippen molar-refractivity contribution in [2.45, 2.75) is 12.1 Å². The minimum absolute atomic E-state index is 0.0416. The summed E-state index contributed by atoms with van der Waals surface area (Å²) < 4.78 is 6.06. The SMILES string of the molecule is CC(=O)Nc1ccc(C(=O)CSc2nc(-c3ccccc3)c(-c3ccccc3)o2)cc1. The highest BCUT2D eigenvalue weighted by Crippen LogP contribution is 2.35. The van der Waals surface area contributed by atoms with E-state index in [2.05, 4.69) is 10.3 Å². The number of carbonyl (C=O) groups excluding carboxylic acids is 2. The van der Waals surface area contributed by atoms with Crippen LogP contribution in [0, 0.1) is 0 Å². The van der Waals surface area contributed by atoms with E-state index in [-0.39, 0.29) is 17.4 Å². The van der Waals surface area contributed by atoms with E-state index in [9.17, 15) is 9.59 Å². The van der Waals surface area contributed by atoms with Gasteiger partial charge in [0.15, 0.2) is 11.5 Å². The molecule has 0 atom stereocenters. The Labute approximate surface area is 184 Å². The molecule has 3 aromatic carbocycles. The second kappa shape index (κ2) is 9.45. The number of carbonyl (C=O) groups is 2. The summed E-state index contributed by atoms with van der Waals surface area (Å²) in [7, 11) is 0. The van der Waals surface area contributed by atoms with Gasteiger partial charge in [-0.1, -0.05) is 72.4 Å². The maximum Gasteiger partial charge on any atom is 0.257 e. The van der Waals surface area contributed by atoms with Crippen LogP contribution in [0.15, 0.2) is 94.6 Å². The second-order valence-electron chi connectivity index (χ2n) is 6.86. The highest BCUT2D eigenvalue weighted by Gasteiger charge is 2.18. The molecule has 0 aliphatic heterocycles. The molecule has 4 aromatic rings. The van der Waals surface area contributed by atoms with Gasteiger partial charge in [0.05, 0.1) is 5.75 Å². The van der Waals surface area contributed by atoms with Crippen LogP contribution in [0.4, 0.5) is 5.69 Å². The third kappa shape index (κ3) is 5.10. The number of anilines is 1. The largest absolute Gasteiger partial charge is 0.431 e. The first kappa shape index (κ1) is 20.6. The smallest absolute Gasteiger partial charge is 0.257 e. The van der Waals surface area contributed by atoms with Crippen molar-refractivity contribution >= 4 is 29.1 Å². The van der Waals surface area contributed by atoms with Gasteiger partial charge in [-0.15, -0.1) is 0 Å². The van der Waals surface area contributed by atoms with Crippen LogP contribution >= 0.6 is 11.8 Å². The molecule has 1 heterocycles. The summed E-state index contributed by atoms with van der Waals surface area (Å²) in [5.74, 6) is 0.686. The summed E-state index contributed by atoms with van der Waals surface area (Å²) in [4.78, 5) is 28.4. The van der Waals surface area contributed by atoms with Gasteiger partial charge < -0.3 is 9.73 Å². The number of Topliss-reactive ketones (excluding diaryl/α,β-unsaturated/α-hetero) is 1. The Kier molecular flexibility index (Phi) is 6.29. The fraction of sp³-hybridized carbons (Fsp3) is 0.0800. The van der Waals surface area contributed by atoms with Crippen molar-refractivity contribution in [3.8, 4) is 22.6 Å². The Morgan fingerprint density at radius 1 is 0.871 bits per heavy atom. The number of nitrogens with one attached hydrogen (secondary N) is 1. The molecule has 0 aliphatic carbocycles. The van der Waals surface area contributed by atoms with Crippen LogP contribution in [0.2, 0.25) is 0 Å². The first-order chi connectivity index (χ1) is 15.1. The predicted molar refractivity (Wildman–Crippen MR) is 123 cm³/mol. The average molecular weight is 429 g/mol. The number of hydrogen-bond acceptors (Lipinski definition) is 5. The normalized spacial score (nSPS) is 10.6. The number of nitrogens with zero attached hydrogens (tertiary/aromatic N) is 1. The van der Waals surface area contributed by atoms with E-state index in [1.807, 2.05) is 60.7 Å². The Morgan fingerprint density at radius 2 is 1.48 bits per heavy atom. The van der Waals surface area contributed by atoms with Crippen LogP contribution in [0.25, 0.3) is 22.6 Å². The summed E-state index contributed by atoms with van der Waals surface area (Å²) in [5.41, 5.74) is 3.86. The molecule has 0 bridgehead atoms. The van der Waals surface area contributed by atoms with Crippen LogP contribution in [-0.4, -0.2) is 22.4 Å². The summed E-state index contributed by atoms with van der Waals surface area (Å²) in [6.07, 6.45) is 0. The minimum Gasteiger partial charge on any atom is -0.431 e. The minimum atomic E-state index is -0.151. The zero-order valence-electron chi connectivity index (χ0n) is 16.9. The molecular weight excluding hydrogens is 408 g/mol. The van der Waals surface area contributed by atoms with Crippen molar-refractivity contribution in [3.63, 3.8) is 0 Å². The number of ketones is 1. The van der Waals surface area contributed by atoms with E-state index < -0.39 is 0 Å². The zero-order chi connectivity index (χ0) is 21.6. The molecule has 0 radical (unpaired) electrons. The van der Waals surface area contributed by atoms with Crippen LogP contribution < -0.4 is 5.32 Å². The van der Waals surface area contributed by atoms with Crippen LogP contribution in [-0.2, 0) is 4.79 Å². The highest BCUT2D eigenvalue weighted by molar-refractivity contribution is 7.99. The molecule has 154 valence electrons. The van der Waals surface area contributed by atoms with Crippen molar-refractivity contribution in [3.05, 3.63) is 90.5 Å². The molecular formula is C25H20N2O3S. The lowest BCUT2D eigenvalue weighted by molar-refractivity contribution is -0.114. The van der Waals surface area contributed by atoms with Crippen molar-refractivity contribution in [1.82, 2.24) is 4.98 Å². The van der Waals surface area contributed by atoms with Gasteiger partial charge in [0.25, 0.3) is 5.22 Å². The Balaban J connectivity index is 1.53. The third-order valence-electron chi connectivity index (χ3n) is 4.54. The first-order valence-corrected chi connectivity index (χ1v) is 10.7. The molecule has 4 rings (SSSR count). The van der Waals surface area contributed by atoms with Gasteiger partial charge in [0, 0.05) is 29.3 Å². The Morgan fingerprint density at radius 3 is 2.10 bits per heavy atom. The standard InChI is InChI=1S/C25H20N2O3S/c1-17(28)26-21-14-12-18(13-15-21)22(29)16-31-25-27-23(19-8-4-2-5-9-19)24(30-25)20-10-6-3-7-11-20/h2-15H,16H2,1H3,(H,26,28). The quantitative estimate of drug-likeness (QED) is 0.291. The molecule has 1 N–H and O–H groups in total.